The minimum Gasteiger partial charge on any atom is -0.504 e. The van der Waals surface area contributed by atoms with E-state index in [4.69, 9.17) is 14.2 Å². The van der Waals surface area contributed by atoms with Crippen molar-refractivity contribution in [1.29, 1.82) is 0 Å². The first kappa shape index (κ1) is 14.2. The van der Waals surface area contributed by atoms with E-state index in [2.05, 4.69) is 13.8 Å². The van der Waals surface area contributed by atoms with Crippen molar-refractivity contribution in [3.05, 3.63) is 23.8 Å². The minimum absolute atomic E-state index is 0.133. The molecule has 0 amide bonds. The van der Waals surface area contributed by atoms with Gasteiger partial charge in [-0.25, -0.2) is 0 Å². The lowest BCUT2D eigenvalue weighted by atomic mass is 9.99. The average molecular weight is 266 g/mol. The third-order valence-corrected chi connectivity index (χ3v) is 3.12. The molecular formula is C15H22O4. The first-order valence-electron chi connectivity index (χ1n) is 6.70. The maximum atomic E-state index is 9.71. The summed E-state index contributed by atoms with van der Waals surface area (Å²) in [5.41, 5.74) is 0.646. The van der Waals surface area contributed by atoms with Crippen molar-refractivity contribution in [2.24, 2.45) is 0 Å². The number of hydrogen-bond acceptors (Lipinski definition) is 4. The van der Waals surface area contributed by atoms with Crippen LogP contribution in [0.3, 0.4) is 0 Å². The molecule has 0 aromatic heterocycles. The number of ether oxygens (including phenoxy) is 3. The molecule has 0 saturated carbocycles. The Morgan fingerprint density at radius 3 is 2.79 bits per heavy atom. The Morgan fingerprint density at radius 2 is 2.16 bits per heavy atom. The van der Waals surface area contributed by atoms with Gasteiger partial charge in [0, 0.05) is 12.0 Å². The highest BCUT2D eigenvalue weighted by Crippen LogP contribution is 2.38. The molecule has 1 fully saturated rings. The number of phenols is 1. The zero-order valence-corrected chi connectivity index (χ0v) is 12.0. The second-order valence-corrected chi connectivity index (χ2v) is 5.52. The van der Waals surface area contributed by atoms with Crippen LogP contribution in [0, 0.1) is 0 Å². The molecule has 106 valence electrons. The fourth-order valence-electron chi connectivity index (χ4n) is 2.41. The van der Waals surface area contributed by atoms with Crippen LogP contribution in [0.1, 0.15) is 46.0 Å². The molecule has 1 saturated heterocycles. The molecule has 0 bridgehead atoms. The first-order chi connectivity index (χ1) is 8.91. The Kier molecular flexibility index (Phi) is 4.02. The summed E-state index contributed by atoms with van der Waals surface area (Å²) in [5.74, 6) is 0.594. The molecule has 2 rings (SSSR count). The van der Waals surface area contributed by atoms with Gasteiger partial charge in [0.25, 0.3) is 0 Å². The van der Waals surface area contributed by atoms with Crippen molar-refractivity contribution in [2.75, 3.05) is 6.61 Å². The largest absolute Gasteiger partial charge is 0.504 e. The molecule has 19 heavy (non-hydrogen) atoms. The number of benzene rings is 1. The highest BCUT2D eigenvalue weighted by molar-refractivity contribution is 5.42. The molecule has 2 unspecified atom stereocenters. The lowest BCUT2D eigenvalue weighted by Crippen LogP contribution is -2.38. The van der Waals surface area contributed by atoms with Crippen molar-refractivity contribution < 1.29 is 19.3 Å². The van der Waals surface area contributed by atoms with E-state index >= 15 is 0 Å². The molecule has 0 spiro atoms. The van der Waals surface area contributed by atoms with E-state index < -0.39 is 6.29 Å². The smallest absolute Gasteiger partial charge is 0.184 e. The molecule has 1 N–H and O–H groups in total. The van der Waals surface area contributed by atoms with Crippen molar-refractivity contribution >= 4 is 0 Å². The molecule has 1 aliphatic rings. The molecule has 0 aliphatic carbocycles. The van der Waals surface area contributed by atoms with E-state index in [1.807, 2.05) is 13.8 Å². The van der Waals surface area contributed by atoms with Crippen molar-refractivity contribution in [1.82, 2.24) is 0 Å². The highest BCUT2D eigenvalue weighted by atomic mass is 16.7. The Bertz CT molecular complexity index is 442. The molecule has 0 radical (unpaired) electrons. The number of rotatable bonds is 3. The average Bonchev–Trinajstić information content (AvgIpc) is 2.29. The number of hydrogen-bond donors (Lipinski definition) is 1. The van der Waals surface area contributed by atoms with Crippen LogP contribution in [0.25, 0.3) is 0 Å². The van der Waals surface area contributed by atoms with E-state index in [0.29, 0.717) is 12.4 Å². The monoisotopic (exact) mass is 266 g/mol. The van der Waals surface area contributed by atoms with Gasteiger partial charge in [-0.05, 0) is 39.8 Å². The Balaban J connectivity index is 2.23. The molecular weight excluding hydrogens is 244 g/mol. The van der Waals surface area contributed by atoms with E-state index in [9.17, 15) is 5.11 Å². The van der Waals surface area contributed by atoms with Gasteiger partial charge in [0.15, 0.2) is 17.8 Å². The van der Waals surface area contributed by atoms with Gasteiger partial charge in [-0.1, -0.05) is 6.07 Å². The first-order valence-corrected chi connectivity index (χ1v) is 6.70. The topological polar surface area (TPSA) is 47.9 Å². The van der Waals surface area contributed by atoms with Crippen LogP contribution in [0.2, 0.25) is 0 Å². The van der Waals surface area contributed by atoms with Gasteiger partial charge in [-0.3, -0.25) is 0 Å². The second-order valence-electron chi connectivity index (χ2n) is 5.52. The van der Waals surface area contributed by atoms with Gasteiger partial charge in [0.05, 0.1) is 18.3 Å². The van der Waals surface area contributed by atoms with Crippen molar-refractivity contribution in [2.45, 2.75) is 52.1 Å². The normalized spacial score (nSPS) is 26.1. The van der Waals surface area contributed by atoms with E-state index in [1.54, 1.807) is 18.2 Å². The standard InChI is InChI=1S/C15H22O4/c1-5-17-13-8-11(6-7-12(13)16)14-18-10(2)9-15(3,4)19-14/h6-8,10,14,16H,5,9H2,1-4H3. The predicted octanol–water partition coefficient (Wildman–Crippen LogP) is 3.39. The van der Waals surface area contributed by atoms with Crippen molar-refractivity contribution in [3.8, 4) is 11.5 Å². The molecule has 1 aromatic carbocycles. The number of aromatic hydroxyl groups is 1. The fraction of sp³-hybridized carbons (Fsp3) is 0.600. The van der Waals surface area contributed by atoms with E-state index in [0.717, 1.165) is 12.0 Å². The summed E-state index contributed by atoms with van der Waals surface area (Å²) in [6.07, 6.45) is 0.580. The van der Waals surface area contributed by atoms with Crippen LogP contribution < -0.4 is 4.74 Å². The predicted molar refractivity (Wildman–Crippen MR) is 72.3 cm³/mol. The molecule has 2 atom stereocenters. The summed E-state index contributed by atoms with van der Waals surface area (Å²) in [5, 5.41) is 9.71. The van der Waals surface area contributed by atoms with Gasteiger partial charge in [0.2, 0.25) is 0 Å². The third-order valence-electron chi connectivity index (χ3n) is 3.12. The maximum absolute atomic E-state index is 9.71. The van der Waals surface area contributed by atoms with E-state index in [1.165, 1.54) is 0 Å². The lowest BCUT2D eigenvalue weighted by molar-refractivity contribution is -0.273. The Hall–Kier alpha value is -1.26. The molecule has 4 heteroatoms. The molecule has 1 heterocycles. The molecule has 1 aromatic rings. The van der Waals surface area contributed by atoms with Crippen LogP contribution in [-0.4, -0.2) is 23.4 Å². The molecule has 1 aliphatic heterocycles. The summed E-state index contributed by atoms with van der Waals surface area (Å²) >= 11 is 0. The summed E-state index contributed by atoms with van der Waals surface area (Å²) in [7, 11) is 0. The third kappa shape index (κ3) is 3.39. The lowest BCUT2D eigenvalue weighted by Gasteiger charge is -2.39. The Labute approximate surface area is 114 Å². The van der Waals surface area contributed by atoms with Gasteiger partial charge in [0.1, 0.15) is 0 Å². The number of phenolic OH excluding ortho intramolecular Hbond substituents is 1. The van der Waals surface area contributed by atoms with Gasteiger partial charge < -0.3 is 19.3 Å². The summed E-state index contributed by atoms with van der Waals surface area (Å²) in [6, 6.07) is 5.19. The highest BCUT2D eigenvalue weighted by Gasteiger charge is 2.34. The Morgan fingerprint density at radius 1 is 1.42 bits per heavy atom. The SMILES string of the molecule is CCOc1cc(C2OC(C)CC(C)(C)O2)ccc1O. The summed E-state index contributed by atoms with van der Waals surface area (Å²) < 4.78 is 17.2. The summed E-state index contributed by atoms with van der Waals surface area (Å²) in [4.78, 5) is 0. The van der Waals surface area contributed by atoms with Crippen LogP contribution in [0.15, 0.2) is 18.2 Å². The van der Waals surface area contributed by atoms with Crippen LogP contribution in [0.5, 0.6) is 11.5 Å². The van der Waals surface area contributed by atoms with Gasteiger partial charge >= 0.3 is 0 Å². The summed E-state index contributed by atoms with van der Waals surface area (Å²) in [6.45, 7) is 8.54. The quantitative estimate of drug-likeness (QED) is 0.911. The van der Waals surface area contributed by atoms with E-state index in [-0.39, 0.29) is 17.5 Å². The van der Waals surface area contributed by atoms with Crippen LogP contribution in [0.4, 0.5) is 0 Å². The van der Waals surface area contributed by atoms with Crippen molar-refractivity contribution in [3.63, 3.8) is 0 Å². The molecule has 4 nitrogen and oxygen atoms in total. The zero-order chi connectivity index (χ0) is 14.0. The van der Waals surface area contributed by atoms with Crippen LogP contribution >= 0.6 is 0 Å². The minimum atomic E-state index is -0.418. The fourth-order valence-corrected chi connectivity index (χ4v) is 2.41. The van der Waals surface area contributed by atoms with Crippen LogP contribution in [-0.2, 0) is 9.47 Å². The second kappa shape index (κ2) is 5.39. The zero-order valence-electron chi connectivity index (χ0n) is 12.0. The van der Waals surface area contributed by atoms with Gasteiger partial charge in [-0.15, -0.1) is 0 Å². The van der Waals surface area contributed by atoms with Gasteiger partial charge in [-0.2, -0.15) is 0 Å². The maximum Gasteiger partial charge on any atom is 0.184 e.